The molecule has 0 saturated carbocycles. The van der Waals surface area contributed by atoms with Crippen LogP contribution in [0, 0.1) is 13.8 Å². The van der Waals surface area contributed by atoms with Crippen molar-refractivity contribution in [3.63, 3.8) is 0 Å². The first-order valence-corrected chi connectivity index (χ1v) is 6.52. The molecule has 0 aliphatic carbocycles. The number of methoxy groups -OCH3 is 2. The molecule has 0 saturated heterocycles. The molecule has 0 bridgehead atoms. The number of hydrogen-bond donors (Lipinski definition) is 1. The van der Waals surface area contributed by atoms with Gasteiger partial charge in [0.2, 0.25) is 0 Å². The zero-order valence-corrected chi connectivity index (χ0v) is 12.3. The fourth-order valence-electron chi connectivity index (χ4n) is 2.54. The number of nitrogens with two attached hydrogens (primary N) is 1. The van der Waals surface area contributed by atoms with Crippen LogP contribution < -0.4 is 10.5 Å². The van der Waals surface area contributed by atoms with Crippen LogP contribution in [-0.4, -0.2) is 27.4 Å². The Balaban J connectivity index is 3.28. The van der Waals surface area contributed by atoms with Crippen molar-refractivity contribution in [2.75, 3.05) is 27.4 Å². The lowest BCUT2D eigenvalue weighted by Crippen LogP contribution is -2.29. The monoisotopic (exact) mass is 269 g/mol. The minimum atomic E-state index is -1.56. The molecule has 1 aromatic rings. The van der Waals surface area contributed by atoms with E-state index in [0.717, 1.165) is 11.1 Å². The van der Waals surface area contributed by atoms with Crippen LogP contribution in [0.2, 0.25) is 0 Å². The second kappa shape index (κ2) is 6.87. The number of ether oxygens (including phenoxy) is 2. The van der Waals surface area contributed by atoms with Gasteiger partial charge in [-0.1, -0.05) is 6.07 Å². The number of hydrogen-bond acceptors (Lipinski definition) is 3. The van der Waals surface area contributed by atoms with Gasteiger partial charge in [-0.3, -0.25) is 0 Å². The number of aryl methyl sites for hydroxylation is 2. The fraction of sp³-hybridized carbons (Fsp3) is 0.600. The Bertz CT molecular complexity index is 423. The lowest BCUT2D eigenvalue weighted by atomic mass is 9.86. The SMILES string of the molecule is COCC(F)(CCCN)c1c(C)cc(C)cc1OC. The van der Waals surface area contributed by atoms with Gasteiger partial charge < -0.3 is 15.2 Å². The molecule has 0 aliphatic rings. The van der Waals surface area contributed by atoms with E-state index in [4.69, 9.17) is 15.2 Å². The zero-order valence-electron chi connectivity index (χ0n) is 12.3. The van der Waals surface area contributed by atoms with Crippen LogP contribution in [0.25, 0.3) is 0 Å². The average Bonchev–Trinajstić information content (AvgIpc) is 2.35. The second-order valence-corrected chi connectivity index (χ2v) is 4.95. The van der Waals surface area contributed by atoms with E-state index in [1.165, 1.54) is 7.11 Å². The van der Waals surface area contributed by atoms with Crippen molar-refractivity contribution in [1.29, 1.82) is 0 Å². The van der Waals surface area contributed by atoms with Gasteiger partial charge in [0.1, 0.15) is 5.75 Å². The van der Waals surface area contributed by atoms with E-state index in [2.05, 4.69) is 0 Å². The topological polar surface area (TPSA) is 44.5 Å². The van der Waals surface area contributed by atoms with Crippen LogP contribution in [0.5, 0.6) is 5.75 Å². The Kier molecular flexibility index (Phi) is 5.76. The Morgan fingerprint density at radius 1 is 1.26 bits per heavy atom. The third-order valence-corrected chi connectivity index (χ3v) is 3.26. The molecular formula is C15H24FNO2. The van der Waals surface area contributed by atoms with Crippen LogP contribution in [-0.2, 0) is 10.4 Å². The molecule has 0 aromatic heterocycles. The normalized spacial score (nSPS) is 14.2. The molecule has 0 spiro atoms. The van der Waals surface area contributed by atoms with E-state index in [-0.39, 0.29) is 6.61 Å². The molecule has 4 heteroatoms. The third-order valence-electron chi connectivity index (χ3n) is 3.26. The van der Waals surface area contributed by atoms with E-state index in [1.54, 1.807) is 7.11 Å². The van der Waals surface area contributed by atoms with Crippen LogP contribution in [0.15, 0.2) is 12.1 Å². The van der Waals surface area contributed by atoms with Crippen LogP contribution in [0.4, 0.5) is 4.39 Å². The predicted molar refractivity (Wildman–Crippen MR) is 75.4 cm³/mol. The van der Waals surface area contributed by atoms with Gasteiger partial charge >= 0.3 is 0 Å². The number of benzene rings is 1. The lowest BCUT2D eigenvalue weighted by Gasteiger charge is -2.28. The molecule has 108 valence electrons. The molecule has 0 amide bonds. The van der Waals surface area contributed by atoms with Crippen molar-refractivity contribution >= 4 is 0 Å². The molecule has 0 fully saturated rings. The van der Waals surface area contributed by atoms with Crippen molar-refractivity contribution in [2.45, 2.75) is 32.4 Å². The van der Waals surface area contributed by atoms with Crippen LogP contribution >= 0.6 is 0 Å². The highest BCUT2D eigenvalue weighted by Gasteiger charge is 2.36. The molecule has 1 aromatic carbocycles. The first-order valence-electron chi connectivity index (χ1n) is 6.52. The molecule has 2 N–H and O–H groups in total. The van der Waals surface area contributed by atoms with Gasteiger partial charge in [-0.25, -0.2) is 4.39 Å². The number of halogens is 1. The highest BCUT2D eigenvalue weighted by molar-refractivity contribution is 5.46. The smallest absolute Gasteiger partial charge is 0.163 e. The van der Waals surface area contributed by atoms with Gasteiger partial charge in [-0.15, -0.1) is 0 Å². The van der Waals surface area contributed by atoms with E-state index in [9.17, 15) is 0 Å². The van der Waals surface area contributed by atoms with Gasteiger partial charge in [-0.2, -0.15) is 0 Å². The Morgan fingerprint density at radius 3 is 2.47 bits per heavy atom. The number of rotatable bonds is 7. The Hall–Kier alpha value is -1.13. The fourth-order valence-corrected chi connectivity index (χ4v) is 2.54. The first-order chi connectivity index (χ1) is 8.98. The molecule has 0 aliphatic heterocycles. The molecule has 1 unspecified atom stereocenters. The summed E-state index contributed by atoms with van der Waals surface area (Å²) in [5.41, 5.74) is 6.46. The zero-order chi connectivity index (χ0) is 14.5. The van der Waals surface area contributed by atoms with Crippen molar-refractivity contribution < 1.29 is 13.9 Å². The summed E-state index contributed by atoms with van der Waals surface area (Å²) >= 11 is 0. The maximum absolute atomic E-state index is 15.3. The second-order valence-electron chi connectivity index (χ2n) is 4.95. The molecule has 0 heterocycles. The van der Waals surface area contributed by atoms with Gasteiger partial charge in [0, 0.05) is 12.7 Å². The molecular weight excluding hydrogens is 245 g/mol. The summed E-state index contributed by atoms with van der Waals surface area (Å²) < 4.78 is 25.7. The van der Waals surface area contributed by atoms with Crippen LogP contribution in [0.1, 0.15) is 29.5 Å². The molecule has 0 radical (unpaired) electrons. The highest BCUT2D eigenvalue weighted by Crippen LogP contribution is 2.40. The van der Waals surface area contributed by atoms with Gasteiger partial charge in [0.15, 0.2) is 5.67 Å². The summed E-state index contributed by atoms with van der Waals surface area (Å²) in [6.45, 7) is 4.34. The summed E-state index contributed by atoms with van der Waals surface area (Å²) in [5, 5.41) is 0. The first kappa shape index (κ1) is 15.9. The largest absolute Gasteiger partial charge is 0.496 e. The molecule has 3 nitrogen and oxygen atoms in total. The highest BCUT2D eigenvalue weighted by atomic mass is 19.1. The Labute approximate surface area is 114 Å². The summed E-state index contributed by atoms with van der Waals surface area (Å²) in [6, 6.07) is 3.82. The number of alkyl halides is 1. The standard InChI is InChI=1S/C15H24FNO2/c1-11-8-12(2)14(13(9-11)19-4)15(16,10-18-3)6-5-7-17/h8-9H,5-7,10,17H2,1-4H3. The minimum absolute atomic E-state index is 0.00720. The quantitative estimate of drug-likeness (QED) is 0.828. The van der Waals surface area contributed by atoms with Gasteiger partial charge in [0.05, 0.1) is 13.7 Å². The Morgan fingerprint density at radius 2 is 1.95 bits per heavy atom. The molecule has 19 heavy (non-hydrogen) atoms. The molecule has 1 atom stereocenters. The molecule has 1 rings (SSSR count). The average molecular weight is 269 g/mol. The predicted octanol–water partition coefficient (Wildman–Crippen LogP) is 2.86. The van der Waals surface area contributed by atoms with Crippen LogP contribution in [0.3, 0.4) is 0 Å². The van der Waals surface area contributed by atoms with Crippen molar-refractivity contribution in [1.82, 2.24) is 0 Å². The van der Waals surface area contributed by atoms with Gasteiger partial charge in [-0.05, 0) is 50.4 Å². The maximum atomic E-state index is 15.3. The summed E-state index contributed by atoms with van der Waals surface area (Å²) in [6.07, 6.45) is 0.938. The summed E-state index contributed by atoms with van der Waals surface area (Å²) in [7, 11) is 3.07. The van der Waals surface area contributed by atoms with Gasteiger partial charge in [0.25, 0.3) is 0 Å². The van der Waals surface area contributed by atoms with Crippen molar-refractivity contribution in [3.8, 4) is 5.75 Å². The van der Waals surface area contributed by atoms with E-state index in [1.807, 2.05) is 26.0 Å². The summed E-state index contributed by atoms with van der Waals surface area (Å²) in [5.74, 6) is 0.578. The van der Waals surface area contributed by atoms with Crippen molar-refractivity contribution in [2.24, 2.45) is 5.73 Å². The summed E-state index contributed by atoms with van der Waals surface area (Å²) in [4.78, 5) is 0. The lowest BCUT2D eigenvalue weighted by molar-refractivity contribution is 0.0281. The van der Waals surface area contributed by atoms with Crippen molar-refractivity contribution in [3.05, 3.63) is 28.8 Å². The van der Waals surface area contributed by atoms with E-state index in [0.29, 0.717) is 30.7 Å². The minimum Gasteiger partial charge on any atom is -0.496 e. The van der Waals surface area contributed by atoms with E-state index < -0.39 is 5.67 Å². The maximum Gasteiger partial charge on any atom is 0.163 e. The van der Waals surface area contributed by atoms with E-state index >= 15 is 4.39 Å². The third kappa shape index (κ3) is 3.67.